The molecule has 3 aliphatic rings. The number of phenolic OH excluding ortho intramolecular Hbond substituents is 1. The van der Waals surface area contributed by atoms with Crippen LogP contribution in [0.1, 0.15) is 24.0 Å². The van der Waals surface area contributed by atoms with Crippen LogP contribution in [0.15, 0.2) is 24.0 Å². The first-order valence-corrected chi connectivity index (χ1v) is 8.41. The largest absolute Gasteiger partial charge is 0.504 e. The fraction of sp³-hybridized carbons (Fsp3) is 0.526. The number of hydrogen-bond acceptors (Lipinski definition) is 5. The highest BCUT2D eigenvalue weighted by molar-refractivity contribution is 5.98. The highest BCUT2D eigenvalue weighted by Gasteiger charge is 2.58. The maximum absolute atomic E-state index is 13.1. The highest BCUT2D eigenvalue weighted by Crippen LogP contribution is 2.57. The molecule has 24 heavy (non-hydrogen) atoms. The zero-order valence-corrected chi connectivity index (χ0v) is 14.3. The summed E-state index contributed by atoms with van der Waals surface area (Å²) in [6.07, 6.45) is 4.22. The number of carbonyl (C=O) groups is 1. The van der Waals surface area contributed by atoms with Gasteiger partial charge >= 0.3 is 0 Å². The molecule has 1 N–H and O–H groups in total. The minimum atomic E-state index is -0.359. The molecule has 1 saturated heterocycles. The second kappa shape index (κ2) is 5.24. The van der Waals surface area contributed by atoms with Crippen molar-refractivity contribution in [3.05, 3.63) is 35.1 Å². The molecule has 1 fully saturated rings. The summed E-state index contributed by atoms with van der Waals surface area (Å²) >= 11 is 0. The Morgan fingerprint density at radius 1 is 1.29 bits per heavy atom. The number of ether oxygens (including phenoxy) is 2. The Bertz CT molecular complexity index is 741. The van der Waals surface area contributed by atoms with Crippen molar-refractivity contribution in [1.82, 2.24) is 4.90 Å². The summed E-state index contributed by atoms with van der Waals surface area (Å²) < 4.78 is 10.6. The molecule has 0 unspecified atom stereocenters. The lowest BCUT2D eigenvalue weighted by Gasteiger charge is -2.56. The summed E-state index contributed by atoms with van der Waals surface area (Å²) in [5, 5.41) is 10.9. The number of rotatable bonds is 2. The predicted octanol–water partition coefficient (Wildman–Crippen LogP) is 2.02. The summed E-state index contributed by atoms with van der Waals surface area (Å²) in [5.74, 6) is 1.02. The number of Topliss-reactive ketones (excluding diaryl/α,β-unsaturated/α-hetero) is 1. The smallest absolute Gasteiger partial charge is 0.202 e. The van der Waals surface area contributed by atoms with E-state index in [0.29, 0.717) is 17.9 Å². The van der Waals surface area contributed by atoms with Crippen LogP contribution in [-0.2, 0) is 21.4 Å². The van der Waals surface area contributed by atoms with Gasteiger partial charge in [0, 0.05) is 17.0 Å². The molecule has 1 aliphatic heterocycles. The van der Waals surface area contributed by atoms with Gasteiger partial charge in [-0.3, -0.25) is 4.79 Å². The molecule has 0 amide bonds. The van der Waals surface area contributed by atoms with E-state index in [0.717, 1.165) is 30.5 Å². The maximum Gasteiger partial charge on any atom is 0.202 e. The third kappa shape index (κ3) is 1.82. The molecular formula is C19H23NO4. The van der Waals surface area contributed by atoms with Crippen LogP contribution in [0.3, 0.4) is 0 Å². The van der Waals surface area contributed by atoms with E-state index < -0.39 is 0 Å². The topological polar surface area (TPSA) is 59.0 Å². The normalized spacial score (nSPS) is 31.8. The lowest BCUT2D eigenvalue weighted by atomic mass is 9.53. The summed E-state index contributed by atoms with van der Waals surface area (Å²) in [4.78, 5) is 15.4. The molecule has 1 heterocycles. The van der Waals surface area contributed by atoms with E-state index in [9.17, 15) is 9.90 Å². The minimum absolute atomic E-state index is 0.0631. The number of likely N-dealkylation sites (tertiary alicyclic amines) is 1. The maximum atomic E-state index is 13.1. The van der Waals surface area contributed by atoms with Crippen molar-refractivity contribution in [2.45, 2.75) is 30.7 Å². The van der Waals surface area contributed by atoms with Crippen molar-refractivity contribution in [1.29, 1.82) is 0 Å². The SMILES string of the molecule is COC1=CC[C@@]23CCN(C)[C@@H](Cc4ccc(OC)c(O)c42)[C@H]3C1=O. The second-order valence-corrected chi connectivity index (χ2v) is 7.13. The minimum Gasteiger partial charge on any atom is -0.504 e. The van der Waals surface area contributed by atoms with Crippen LogP contribution >= 0.6 is 0 Å². The number of nitrogens with zero attached hydrogens (tertiary/aromatic N) is 1. The Balaban J connectivity index is 1.97. The van der Waals surface area contributed by atoms with Gasteiger partial charge in [-0.25, -0.2) is 0 Å². The van der Waals surface area contributed by atoms with Gasteiger partial charge in [0.2, 0.25) is 5.78 Å². The number of fused-ring (bicyclic) bond motifs is 1. The third-order valence-corrected chi connectivity index (χ3v) is 6.23. The third-order valence-electron chi connectivity index (χ3n) is 6.23. The molecule has 2 bridgehead atoms. The number of benzene rings is 1. The Morgan fingerprint density at radius 2 is 2.08 bits per heavy atom. The van der Waals surface area contributed by atoms with E-state index in [1.807, 2.05) is 18.2 Å². The summed E-state index contributed by atoms with van der Waals surface area (Å²) in [6.45, 7) is 0.917. The second-order valence-electron chi connectivity index (χ2n) is 7.13. The van der Waals surface area contributed by atoms with Crippen LogP contribution in [0.2, 0.25) is 0 Å². The first kappa shape index (κ1) is 15.5. The standard InChI is InChI=1S/C19H23NO4/c1-20-9-8-19-7-6-14(24-3)18(22)16(19)12(20)10-11-4-5-13(23-2)17(21)15(11)19/h4-6,12,16,21H,7-10H2,1-3H3/t12-,16-,19+/m0/s1. The van der Waals surface area contributed by atoms with Gasteiger partial charge in [0.1, 0.15) is 0 Å². The number of piperidine rings is 1. The molecule has 5 nitrogen and oxygen atoms in total. The van der Waals surface area contributed by atoms with E-state index in [-0.39, 0.29) is 28.9 Å². The zero-order valence-electron chi connectivity index (χ0n) is 14.3. The van der Waals surface area contributed by atoms with Crippen molar-refractivity contribution in [3.8, 4) is 11.5 Å². The van der Waals surface area contributed by atoms with Crippen LogP contribution < -0.4 is 4.74 Å². The van der Waals surface area contributed by atoms with Crippen LogP contribution in [0, 0.1) is 5.92 Å². The molecule has 128 valence electrons. The van der Waals surface area contributed by atoms with E-state index >= 15 is 0 Å². The van der Waals surface area contributed by atoms with Crippen molar-refractivity contribution < 1.29 is 19.4 Å². The van der Waals surface area contributed by atoms with E-state index in [2.05, 4.69) is 11.9 Å². The highest BCUT2D eigenvalue weighted by atomic mass is 16.5. The fourth-order valence-corrected chi connectivity index (χ4v) is 5.07. The van der Waals surface area contributed by atoms with Gasteiger partial charge in [-0.05, 0) is 50.6 Å². The van der Waals surface area contributed by atoms with E-state index in [4.69, 9.17) is 9.47 Å². The molecule has 0 spiro atoms. The molecule has 1 aromatic carbocycles. The first-order valence-electron chi connectivity index (χ1n) is 8.41. The number of phenols is 1. The molecule has 4 rings (SSSR count). The zero-order chi connectivity index (χ0) is 17.1. The van der Waals surface area contributed by atoms with Crippen LogP contribution in [0.4, 0.5) is 0 Å². The molecule has 1 aromatic rings. The predicted molar refractivity (Wildman–Crippen MR) is 89.3 cm³/mol. The van der Waals surface area contributed by atoms with Gasteiger partial charge in [0.05, 0.1) is 20.1 Å². The summed E-state index contributed by atoms with van der Waals surface area (Å²) in [5.41, 5.74) is 1.68. The number of carbonyl (C=O) groups excluding carboxylic acids is 1. The van der Waals surface area contributed by atoms with Crippen LogP contribution in [0.25, 0.3) is 0 Å². The van der Waals surface area contributed by atoms with E-state index in [1.54, 1.807) is 14.2 Å². The van der Waals surface area contributed by atoms with Gasteiger partial charge < -0.3 is 19.5 Å². The average Bonchev–Trinajstić information content (AvgIpc) is 2.58. The number of hydrogen-bond donors (Lipinski definition) is 1. The number of aromatic hydroxyl groups is 1. The van der Waals surface area contributed by atoms with Crippen molar-refractivity contribution in [3.63, 3.8) is 0 Å². The summed E-state index contributed by atoms with van der Waals surface area (Å²) in [7, 11) is 5.20. The quantitative estimate of drug-likeness (QED) is 0.899. The Kier molecular flexibility index (Phi) is 3.39. The Hall–Kier alpha value is -2.01. The number of methoxy groups -OCH3 is 2. The average molecular weight is 329 g/mol. The fourth-order valence-electron chi connectivity index (χ4n) is 5.07. The van der Waals surface area contributed by atoms with Crippen molar-refractivity contribution in [2.75, 3.05) is 27.8 Å². The van der Waals surface area contributed by atoms with Gasteiger partial charge in [-0.15, -0.1) is 0 Å². The van der Waals surface area contributed by atoms with Gasteiger partial charge in [-0.1, -0.05) is 6.07 Å². The number of ketones is 1. The number of likely N-dealkylation sites (N-methyl/N-ethyl adjacent to an activating group) is 1. The first-order chi connectivity index (χ1) is 11.5. The molecule has 0 radical (unpaired) electrons. The van der Waals surface area contributed by atoms with Gasteiger partial charge in [-0.2, -0.15) is 0 Å². The van der Waals surface area contributed by atoms with Crippen LogP contribution in [-0.4, -0.2) is 49.6 Å². The van der Waals surface area contributed by atoms with E-state index in [1.165, 1.54) is 0 Å². The summed E-state index contributed by atoms with van der Waals surface area (Å²) in [6, 6.07) is 4.00. The Morgan fingerprint density at radius 3 is 2.79 bits per heavy atom. The monoisotopic (exact) mass is 329 g/mol. The van der Waals surface area contributed by atoms with Gasteiger partial charge in [0.15, 0.2) is 17.3 Å². The Labute approximate surface area is 141 Å². The molecule has 2 aliphatic carbocycles. The molecular weight excluding hydrogens is 306 g/mol. The lowest BCUT2D eigenvalue weighted by molar-refractivity contribution is -0.132. The van der Waals surface area contributed by atoms with Crippen molar-refractivity contribution >= 4 is 5.78 Å². The van der Waals surface area contributed by atoms with Gasteiger partial charge in [0.25, 0.3) is 0 Å². The molecule has 0 saturated carbocycles. The lowest BCUT2D eigenvalue weighted by Crippen LogP contribution is -2.62. The van der Waals surface area contributed by atoms with Crippen LogP contribution in [0.5, 0.6) is 11.5 Å². The molecule has 5 heteroatoms. The number of allylic oxidation sites excluding steroid dienone is 2. The molecule has 3 atom stereocenters. The van der Waals surface area contributed by atoms with Crippen molar-refractivity contribution in [2.24, 2.45) is 5.92 Å². The molecule has 0 aromatic heterocycles.